The third-order valence-corrected chi connectivity index (χ3v) is 4.36. The second-order valence-electron chi connectivity index (χ2n) is 6.37. The maximum atomic E-state index is 12.3. The lowest BCUT2D eigenvalue weighted by Crippen LogP contribution is -2.37. The zero-order chi connectivity index (χ0) is 20.4. The summed E-state index contributed by atoms with van der Waals surface area (Å²) >= 11 is 0. The van der Waals surface area contributed by atoms with Crippen LogP contribution in [0.4, 0.5) is 5.69 Å². The van der Waals surface area contributed by atoms with Gasteiger partial charge in [-0.1, -0.05) is 11.6 Å². The average molecular weight is 380 g/mol. The Kier molecular flexibility index (Phi) is 5.12. The van der Waals surface area contributed by atoms with Gasteiger partial charge in [-0.05, 0) is 31.2 Å². The van der Waals surface area contributed by atoms with E-state index in [2.05, 4.69) is 10.3 Å². The van der Waals surface area contributed by atoms with Crippen molar-refractivity contribution >= 4 is 28.7 Å². The first-order valence-corrected chi connectivity index (χ1v) is 8.51. The van der Waals surface area contributed by atoms with Crippen LogP contribution < -0.4 is 21.3 Å². The second kappa shape index (κ2) is 7.51. The minimum atomic E-state index is -0.471. The fourth-order valence-electron chi connectivity index (χ4n) is 2.87. The molecule has 0 spiro atoms. The molecule has 0 fully saturated rings. The number of hydrogen-bond acceptors (Lipinski definition) is 5. The molecule has 2 heterocycles. The van der Waals surface area contributed by atoms with E-state index in [-0.39, 0.29) is 16.9 Å². The molecule has 0 aliphatic carbocycles. The number of hydrogen-bond donors (Lipinski definition) is 1. The second-order valence-corrected chi connectivity index (χ2v) is 6.37. The van der Waals surface area contributed by atoms with Crippen LogP contribution in [0.3, 0.4) is 0 Å². The fraction of sp³-hybridized carbons (Fsp3) is 0.200. The van der Waals surface area contributed by atoms with Gasteiger partial charge in [0.15, 0.2) is 0 Å². The van der Waals surface area contributed by atoms with Gasteiger partial charge in [0.05, 0.1) is 24.4 Å². The molecule has 1 N–H and O–H groups in total. The van der Waals surface area contributed by atoms with Crippen molar-refractivity contribution in [3.63, 3.8) is 0 Å². The molecule has 0 saturated carbocycles. The van der Waals surface area contributed by atoms with E-state index in [4.69, 9.17) is 4.74 Å². The number of rotatable bonds is 4. The highest BCUT2D eigenvalue weighted by Crippen LogP contribution is 2.21. The molecule has 0 bridgehead atoms. The summed E-state index contributed by atoms with van der Waals surface area (Å²) in [6, 6.07) is 7.17. The number of nitrogens with one attached hydrogen (secondary N) is 1. The van der Waals surface area contributed by atoms with Crippen molar-refractivity contribution in [3.8, 4) is 5.75 Å². The summed E-state index contributed by atoms with van der Waals surface area (Å²) in [6.45, 7) is 1.95. The van der Waals surface area contributed by atoms with E-state index in [1.54, 1.807) is 13.2 Å². The highest BCUT2D eigenvalue weighted by Gasteiger charge is 2.11. The number of ether oxygens (including phenoxy) is 1. The van der Waals surface area contributed by atoms with Gasteiger partial charge in [0, 0.05) is 25.7 Å². The summed E-state index contributed by atoms with van der Waals surface area (Å²) in [7, 11) is 4.50. The molecule has 0 radical (unpaired) electrons. The molecule has 1 amide bonds. The van der Waals surface area contributed by atoms with E-state index < -0.39 is 11.2 Å². The number of benzene rings is 1. The minimum absolute atomic E-state index is 0.242. The zero-order valence-electron chi connectivity index (χ0n) is 16.0. The first-order chi connectivity index (χ1) is 13.3. The van der Waals surface area contributed by atoms with Crippen molar-refractivity contribution in [2.24, 2.45) is 14.1 Å². The van der Waals surface area contributed by atoms with Crippen molar-refractivity contribution in [1.82, 2.24) is 14.1 Å². The van der Waals surface area contributed by atoms with Crippen molar-refractivity contribution < 1.29 is 9.53 Å². The normalized spacial score (nSPS) is 11.1. The lowest BCUT2D eigenvalue weighted by molar-refractivity contribution is -0.111. The molecule has 0 unspecified atom stereocenters. The van der Waals surface area contributed by atoms with Gasteiger partial charge in [0.2, 0.25) is 5.91 Å². The van der Waals surface area contributed by atoms with Crippen LogP contribution in [-0.4, -0.2) is 27.1 Å². The largest absolute Gasteiger partial charge is 0.496 e. The lowest BCUT2D eigenvalue weighted by atomic mass is 10.1. The maximum Gasteiger partial charge on any atom is 0.332 e. The Morgan fingerprint density at radius 2 is 1.93 bits per heavy atom. The third kappa shape index (κ3) is 3.57. The molecule has 8 nitrogen and oxygen atoms in total. The number of fused-ring (bicyclic) bond motifs is 1. The highest BCUT2D eigenvalue weighted by molar-refractivity contribution is 6.02. The summed E-state index contributed by atoms with van der Waals surface area (Å²) < 4.78 is 7.57. The van der Waals surface area contributed by atoms with E-state index in [1.807, 2.05) is 25.1 Å². The molecular weight excluding hydrogens is 360 g/mol. The molecule has 8 heteroatoms. The summed E-state index contributed by atoms with van der Waals surface area (Å²) in [6.07, 6.45) is 4.43. The monoisotopic (exact) mass is 380 g/mol. The van der Waals surface area contributed by atoms with Crippen LogP contribution in [0.2, 0.25) is 0 Å². The van der Waals surface area contributed by atoms with Gasteiger partial charge in [-0.15, -0.1) is 0 Å². The number of nitrogens with zero attached hydrogens (tertiary/aromatic N) is 3. The number of aryl methyl sites for hydroxylation is 2. The molecule has 0 aliphatic heterocycles. The van der Waals surface area contributed by atoms with Crippen molar-refractivity contribution in [2.75, 3.05) is 12.4 Å². The third-order valence-electron chi connectivity index (χ3n) is 4.36. The average Bonchev–Trinajstić information content (AvgIpc) is 2.69. The number of anilines is 1. The summed E-state index contributed by atoms with van der Waals surface area (Å²) in [5, 5.41) is 2.91. The van der Waals surface area contributed by atoms with E-state index in [9.17, 15) is 14.4 Å². The topological polar surface area (TPSA) is 95.2 Å². The Hall–Kier alpha value is -3.68. The quantitative estimate of drug-likeness (QED) is 0.694. The fourth-order valence-corrected chi connectivity index (χ4v) is 2.87. The smallest absolute Gasteiger partial charge is 0.332 e. The number of carbonyl (C=O) groups excluding carboxylic acids is 1. The predicted molar refractivity (Wildman–Crippen MR) is 108 cm³/mol. The molecule has 144 valence electrons. The van der Waals surface area contributed by atoms with Gasteiger partial charge in [0.1, 0.15) is 11.4 Å². The number of amides is 1. The summed E-state index contributed by atoms with van der Waals surface area (Å²) in [4.78, 5) is 40.7. The van der Waals surface area contributed by atoms with Crippen LogP contribution in [-0.2, 0) is 18.9 Å². The Labute approximate surface area is 160 Å². The standard InChI is InChI=1S/C20H20N4O4/c1-12-5-7-16(28-4)13(9-12)6-8-17(25)22-14-10-15-18(21-11-14)23(2)20(27)24(3)19(15)26/h5-11H,1-4H3,(H,22,25)/b8-6+. The van der Waals surface area contributed by atoms with Gasteiger partial charge in [0.25, 0.3) is 5.56 Å². The molecule has 2 aromatic heterocycles. The lowest BCUT2D eigenvalue weighted by Gasteiger charge is -2.08. The Morgan fingerprint density at radius 1 is 1.18 bits per heavy atom. The van der Waals surface area contributed by atoms with Crippen LogP contribution in [0.5, 0.6) is 5.75 Å². The van der Waals surface area contributed by atoms with E-state index in [1.165, 1.54) is 37.0 Å². The predicted octanol–water partition coefficient (Wildman–Crippen LogP) is 1.60. The van der Waals surface area contributed by atoms with Crippen molar-refractivity contribution in [2.45, 2.75) is 6.92 Å². The first kappa shape index (κ1) is 19.1. The van der Waals surface area contributed by atoms with Crippen molar-refractivity contribution in [3.05, 3.63) is 68.5 Å². The molecule has 28 heavy (non-hydrogen) atoms. The number of aromatic nitrogens is 3. The molecule has 0 atom stereocenters. The Morgan fingerprint density at radius 3 is 2.64 bits per heavy atom. The maximum absolute atomic E-state index is 12.3. The van der Waals surface area contributed by atoms with Gasteiger partial charge >= 0.3 is 5.69 Å². The SMILES string of the molecule is COc1ccc(C)cc1/C=C/C(=O)Nc1cnc2c(c1)c(=O)n(C)c(=O)n2C. The molecule has 3 aromatic rings. The first-order valence-electron chi connectivity index (χ1n) is 8.51. The number of methoxy groups -OCH3 is 1. The van der Waals surface area contributed by atoms with E-state index >= 15 is 0 Å². The zero-order valence-corrected chi connectivity index (χ0v) is 16.0. The minimum Gasteiger partial charge on any atom is -0.496 e. The van der Waals surface area contributed by atoms with Crippen LogP contribution >= 0.6 is 0 Å². The highest BCUT2D eigenvalue weighted by atomic mass is 16.5. The molecule has 1 aromatic carbocycles. The van der Waals surface area contributed by atoms with Gasteiger partial charge in [-0.3, -0.25) is 18.7 Å². The number of carbonyl (C=O) groups is 1. The molecule has 3 rings (SSSR count). The van der Waals surface area contributed by atoms with Crippen LogP contribution in [0, 0.1) is 6.92 Å². The van der Waals surface area contributed by atoms with E-state index in [0.717, 1.165) is 15.7 Å². The van der Waals surface area contributed by atoms with Crippen molar-refractivity contribution in [1.29, 1.82) is 0 Å². The Balaban J connectivity index is 1.89. The Bertz CT molecular complexity index is 1220. The summed E-state index contributed by atoms with van der Waals surface area (Å²) in [5.41, 5.74) is 1.50. The van der Waals surface area contributed by atoms with Gasteiger partial charge in [-0.2, -0.15) is 0 Å². The van der Waals surface area contributed by atoms with Gasteiger partial charge in [-0.25, -0.2) is 9.78 Å². The number of pyridine rings is 1. The van der Waals surface area contributed by atoms with Crippen LogP contribution in [0.1, 0.15) is 11.1 Å². The molecule has 0 aliphatic rings. The van der Waals surface area contributed by atoms with Crippen LogP contribution in [0.25, 0.3) is 17.1 Å². The van der Waals surface area contributed by atoms with E-state index in [0.29, 0.717) is 11.4 Å². The van der Waals surface area contributed by atoms with Gasteiger partial charge < -0.3 is 10.1 Å². The summed E-state index contributed by atoms with van der Waals surface area (Å²) in [5.74, 6) is 0.276. The molecule has 0 saturated heterocycles. The molecular formula is C20H20N4O4. The van der Waals surface area contributed by atoms with Crippen LogP contribution in [0.15, 0.2) is 46.1 Å².